The number of para-hydroxylation sites is 1. The number of carbonyl (C=O) groups excluding carboxylic acids is 1. The second-order valence-corrected chi connectivity index (χ2v) is 10.7. The molecule has 0 bridgehead atoms. The largest absolute Gasteiger partial charge is 0.481 e. The molecule has 0 spiro atoms. The lowest BCUT2D eigenvalue weighted by atomic mass is 9.77. The number of rotatable bonds is 14. The molecule has 0 heterocycles. The smallest absolute Gasteiger partial charge is 0.303 e. The van der Waals surface area contributed by atoms with Crippen molar-refractivity contribution in [2.75, 3.05) is 23.4 Å². The Bertz CT molecular complexity index is 1250. The van der Waals surface area contributed by atoms with E-state index in [0.717, 1.165) is 35.4 Å². The van der Waals surface area contributed by atoms with Gasteiger partial charge < -0.3 is 10.0 Å². The highest BCUT2D eigenvalue weighted by Gasteiger charge is 2.27. The first-order chi connectivity index (χ1) is 17.9. The molecule has 0 atom stereocenters. The van der Waals surface area contributed by atoms with Gasteiger partial charge in [-0.25, -0.2) is 8.42 Å². The fourth-order valence-electron chi connectivity index (χ4n) is 4.04. The Balaban J connectivity index is 2.25. The summed E-state index contributed by atoms with van der Waals surface area (Å²) in [7, 11) is -0.803. The number of anilines is 2. The number of hydrogen-bond donors (Lipinski definition) is 2. The molecule has 1 N–H and O–H groups in total. The summed E-state index contributed by atoms with van der Waals surface area (Å²) in [5.41, 5.74) is 2.66. The van der Waals surface area contributed by atoms with Crippen molar-refractivity contribution < 1.29 is 23.1 Å². The number of thiol groups is 1. The number of unbranched alkanes of at least 4 members (excludes halogenated alkanes) is 2. The monoisotopic (exact) mass is 538 g/mol. The maximum absolute atomic E-state index is 12.1. The Hall–Kier alpha value is -3.65. The van der Waals surface area contributed by atoms with E-state index in [-0.39, 0.29) is 17.2 Å². The van der Waals surface area contributed by atoms with Crippen molar-refractivity contribution in [1.29, 1.82) is 0 Å². The van der Waals surface area contributed by atoms with Crippen LogP contribution in [-0.2, 0) is 25.7 Å². The number of carbonyl (C=O) groups is 2. The lowest BCUT2D eigenvalue weighted by molar-refractivity contribution is -0.137. The molecule has 1 amide bonds. The van der Waals surface area contributed by atoms with E-state index in [9.17, 15) is 18.0 Å². The minimum atomic E-state index is -2.75. The van der Waals surface area contributed by atoms with E-state index in [2.05, 4.69) is 11.5 Å². The summed E-state index contributed by atoms with van der Waals surface area (Å²) in [6.45, 7) is 10.5. The van der Waals surface area contributed by atoms with Crippen molar-refractivity contribution in [2.24, 2.45) is 0 Å². The normalized spacial score (nSPS) is 11.8. The summed E-state index contributed by atoms with van der Waals surface area (Å²) in [6, 6.07) is 14.5. The molecule has 7 nitrogen and oxygen atoms in total. The van der Waals surface area contributed by atoms with Crippen molar-refractivity contribution in [3.8, 4) is 0 Å². The first-order valence-electron chi connectivity index (χ1n) is 12.6. The van der Waals surface area contributed by atoms with Gasteiger partial charge >= 0.3 is 5.97 Å². The molecule has 2 aromatic rings. The first-order valence-corrected chi connectivity index (χ1v) is 13.7. The predicted molar refractivity (Wildman–Crippen MR) is 154 cm³/mol. The molecule has 0 aromatic heterocycles. The van der Waals surface area contributed by atoms with Gasteiger partial charge in [-0.3, -0.25) is 14.5 Å². The van der Waals surface area contributed by atoms with E-state index >= 15 is 0 Å². The van der Waals surface area contributed by atoms with E-state index in [1.807, 2.05) is 69.4 Å². The average Bonchev–Trinajstić information content (AvgIpc) is 2.87. The number of hydrogen-bond acceptors (Lipinski definition) is 5. The van der Waals surface area contributed by atoms with E-state index in [4.69, 9.17) is 5.11 Å². The number of carboxylic acids is 1. The zero-order chi connectivity index (χ0) is 28.3. The topological polar surface area (TPSA) is 95.0 Å². The number of aliphatic carboxylic acids is 1. The van der Waals surface area contributed by atoms with Crippen LogP contribution in [-0.4, -0.2) is 39.0 Å². The Kier molecular flexibility index (Phi) is 11.5. The van der Waals surface area contributed by atoms with E-state index in [1.165, 1.54) is 6.92 Å². The third-order valence-electron chi connectivity index (χ3n) is 6.48. The molecule has 0 radical (unpaired) electrons. The number of carboxylic acid groups (broad SMARTS) is 1. The molecule has 0 saturated carbocycles. The molecular formula is C30H38N2O5S. The van der Waals surface area contributed by atoms with Crippen LogP contribution in [0.25, 0.3) is 0 Å². The van der Waals surface area contributed by atoms with Gasteiger partial charge in [-0.05, 0) is 60.4 Å². The molecule has 204 valence electrons. The molecule has 38 heavy (non-hydrogen) atoms. The third kappa shape index (κ3) is 8.73. The zero-order valence-corrected chi connectivity index (χ0v) is 23.5. The SMILES string of the molecule is C=C(/C=C/C=C/N(C(C)=O)c1ccccc1)C(C)(C)c1cc([SH](=O)=O)ccc1N(C)CCCCCC(=O)O. The number of benzene rings is 2. The van der Waals surface area contributed by atoms with Crippen LogP contribution >= 0.6 is 0 Å². The van der Waals surface area contributed by atoms with Crippen LogP contribution in [0.2, 0.25) is 0 Å². The Morgan fingerprint density at radius 3 is 2.32 bits per heavy atom. The molecule has 0 saturated heterocycles. The third-order valence-corrected chi connectivity index (χ3v) is 7.18. The average molecular weight is 539 g/mol. The van der Waals surface area contributed by atoms with Crippen molar-refractivity contribution in [3.05, 3.63) is 90.7 Å². The van der Waals surface area contributed by atoms with Gasteiger partial charge in [0.2, 0.25) is 5.91 Å². The highest BCUT2D eigenvalue weighted by molar-refractivity contribution is 7.72. The highest BCUT2D eigenvalue weighted by Crippen LogP contribution is 2.38. The van der Waals surface area contributed by atoms with Crippen molar-refractivity contribution in [1.82, 2.24) is 0 Å². The van der Waals surface area contributed by atoms with Crippen molar-refractivity contribution in [2.45, 2.75) is 56.8 Å². The summed E-state index contributed by atoms with van der Waals surface area (Å²) in [6.07, 6.45) is 9.53. The van der Waals surface area contributed by atoms with Crippen LogP contribution < -0.4 is 9.80 Å². The Morgan fingerprint density at radius 2 is 1.71 bits per heavy atom. The van der Waals surface area contributed by atoms with Crippen LogP contribution in [0, 0.1) is 0 Å². The highest BCUT2D eigenvalue weighted by atomic mass is 32.2. The molecule has 8 heteroatoms. The number of allylic oxidation sites excluding steroid dienone is 4. The quantitative estimate of drug-likeness (QED) is 0.182. The van der Waals surface area contributed by atoms with Crippen molar-refractivity contribution in [3.63, 3.8) is 0 Å². The van der Waals surface area contributed by atoms with Crippen LogP contribution in [0.3, 0.4) is 0 Å². The molecule has 2 rings (SSSR count). The van der Waals surface area contributed by atoms with Gasteiger partial charge in [0.25, 0.3) is 0 Å². The van der Waals surface area contributed by atoms with Gasteiger partial charge in [0, 0.05) is 49.9 Å². The Morgan fingerprint density at radius 1 is 1.03 bits per heavy atom. The van der Waals surface area contributed by atoms with Gasteiger partial charge in [-0.2, -0.15) is 0 Å². The lowest BCUT2D eigenvalue weighted by Gasteiger charge is -2.32. The van der Waals surface area contributed by atoms with E-state index < -0.39 is 22.1 Å². The van der Waals surface area contributed by atoms with Gasteiger partial charge in [0.05, 0.1) is 4.90 Å². The van der Waals surface area contributed by atoms with Crippen LogP contribution in [0.15, 0.2) is 90.0 Å². The van der Waals surface area contributed by atoms with E-state index in [1.54, 1.807) is 29.3 Å². The standard InChI is InChI=1S/C30H38N2O5S/c1-23(14-11-13-21-32(24(2)33)25-15-8-6-9-16-25)30(3,4)27-22-26(38(36)37)18-19-28(27)31(5)20-12-7-10-17-29(34)35/h6,8-9,11,13-16,18-19,21-22,38H,1,7,10,12,17,20H2,2-5H3,(H,34,35)/b14-11+,21-13+. The molecule has 0 aliphatic heterocycles. The van der Waals surface area contributed by atoms with Crippen LogP contribution in [0.5, 0.6) is 0 Å². The predicted octanol–water partition coefficient (Wildman–Crippen LogP) is 5.69. The van der Waals surface area contributed by atoms with Crippen LogP contribution in [0.1, 0.15) is 52.0 Å². The molecule has 2 aromatic carbocycles. The van der Waals surface area contributed by atoms with Crippen LogP contribution in [0.4, 0.5) is 11.4 Å². The molecule has 0 aliphatic rings. The maximum Gasteiger partial charge on any atom is 0.303 e. The second kappa shape index (κ2) is 14.3. The summed E-state index contributed by atoms with van der Waals surface area (Å²) < 4.78 is 23.5. The maximum atomic E-state index is 12.1. The minimum absolute atomic E-state index is 0.112. The van der Waals surface area contributed by atoms with Gasteiger partial charge in [-0.15, -0.1) is 0 Å². The summed E-state index contributed by atoms with van der Waals surface area (Å²) in [5, 5.41) is 8.83. The lowest BCUT2D eigenvalue weighted by Crippen LogP contribution is -2.26. The molecule has 0 aliphatic carbocycles. The summed E-state index contributed by atoms with van der Waals surface area (Å²) >= 11 is 0. The zero-order valence-electron chi connectivity index (χ0n) is 22.6. The fraction of sp³-hybridized carbons (Fsp3) is 0.333. The molecule has 0 fully saturated rings. The minimum Gasteiger partial charge on any atom is -0.481 e. The molecule has 0 unspecified atom stereocenters. The molecular weight excluding hydrogens is 500 g/mol. The first kappa shape index (κ1) is 30.6. The number of nitrogens with zero attached hydrogens (tertiary/aromatic N) is 2. The Labute approximate surface area is 227 Å². The van der Waals surface area contributed by atoms with Crippen molar-refractivity contribution >= 4 is 34.0 Å². The van der Waals surface area contributed by atoms with E-state index in [0.29, 0.717) is 13.0 Å². The fourth-order valence-corrected chi connectivity index (χ4v) is 4.47. The number of amides is 1. The summed E-state index contributed by atoms with van der Waals surface area (Å²) in [5.74, 6) is -0.903. The summed E-state index contributed by atoms with van der Waals surface area (Å²) in [4.78, 5) is 26.7. The van der Waals surface area contributed by atoms with Gasteiger partial charge in [0.1, 0.15) is 0 Å². The second-order valence-electron chi connectivity index (χ2n) is 9.66. The van der Waals surface area contributed by atoms with Gasteiger partial charge in [0.15, 0.2) is 10.7 Å². The van der Waals surface area contributed by atoms with Gasteiger partial charge in [-0.1, -0.05) is 57.2 Å².